The van der Waals surface area contributed by atoms with Gasteiger partial charge >= 0.3 is 12.2 Å². The molecule has 29 heavy (non-hydrogen) atoms. The molecule has 0 radical (unpaired) electrons. The second-order valence-electron chi connectivity index (χ2n) is 7.14. The van der Waals surface area contributed by atoms with Crippen molar-refractivity contribution in [3.8, 4) is 0 Å². The number of aryl methyl sites for hydroxylation is 1. The number of pyridine rings is 1. The second-order valence-corrected chi connectivity index (χ2v) is 10.1. The number of aliphatic hydroxyl groups is 1. The molecular weight excluding hydrogens is 429 g/mol. The van der Waals surface area contributed by atoms with E-state index < -0.39 is 33.4 Å². The van der Waals surface area contributed by atoms with E-state index in [1.54, 1.807) is 5.38 Å². The number of carbonyl (C=O) groups is 1. The monoisotopic (exact) mass is 448 g/mol. The highest BCUT2D eigenvalue weighted by molar-refractivity contribution is 7.93. The largest absolute Gasteiger partial charge is 0.433 e. The number of anilines is 1. The number of aromatic nitrogens is 1. The molecule has 0 aliphatic heterocycles. The lowest BCUT2D eigenvalue weighted by molar-refractivity contribution is -0.141. The van der Waals surface area contributed by atoms with Crippen LogP contribution in [0, 0.1) is 0 Å². The number of amides is 2. The third-order valence-corrected chi connectivity index (χ3v) is 7.23. The lowest BCUT2D eigenvalue weighted by Gasteiger charge is -2.14. The minimum absolute atomic E-state index is 0.0628. The molecule has 0 spiro atoms. The van der Waals surface area contributed by atoms with Crippen molar-refractivity contribution in [1.82, 2.24) is 4.98 Å². The van der Waals surface area contributed by atoms with Gasteiger partial charge in [-0.2, -0.15) is 13.2 Å². The highest BCUT2D eigenvalue weighted by Crippen LogP contribution is 2.35. The van der Waals surface area contributed by atoms with Gasteiger partial charge in [0.25, 0.3) is 0 Å². The van der Waals surface area contributed by atoms with Gasteiger partial charge in [0.05, 0.1) is 5.60 Å². The molecule has 158 valence electrons. The van der Waals surface area contributed by atoms with Crippen LogP contribution in [-0.2, 0) is 34.5 Å². The third-order valence-electron chi connectivity index (χ3n) is 4.37. The Kier molecular flexibility index (Phi) is 5.49. The topological polar surface area (TPSA) is 118 Å². The third kappa shape index (κ3) is 4.77. The van der Waals surface area contributed by atoms with E-state index in [2.05, 4.69) is 14.7 Å². The number of carbonyl (C=O) groups excluding carboxylic acids is 1. The van der Waals surface area contributed by atoms with Gasteiger partial charge in [-0.15, -0.1) is 15.7 Å². The van der Waals surface area contributed by atoms with Crippen LogP contribution in [0.4, 0.5) is 23.7 Å². The molecule has 7 nitrogen and oxygen atoms in total. The maximum absolute atomic E-state index is 13.1. The van der Waals surface area contributed by atoms with Crippen molar-refractivity contribution < 1.29 is 27.3 Å². The van der Waals surface area contributed by atoms with Crippen LogP contribution in [0.25, 0.3) is 0 Å². The quantitative estimate of drug-likeness (QED) is 0.662. The normalized spacial score (nSPS) is 16.2. The van der Waals surface area contributed by atoms with Crippen molar-refractivity contribution >= 4 is 33.0 Å². The number of hydrogen-bond donors (Lipinski definition) is 3. The van der Waals surface area contributed by atoms with Crippen molar-refractivity contribution in [2.24, 2.45) is 9.50 Å². The van der Waals surface area contributed by atoms with Crippen molar-refractivity contribution in [3.63, 3.8) is 0 Å². The molecule has 1 unspecified atom stereocenters. The number of alkyl halides is 3. The minimum Gasteiger partial charge on any atom is -0.386 e. The van der Waals surface area contributed by atoms with E-state index in [0.717, 1.165) is 17.4 Å². The van der Waals surface area contributed by atoms with Crippen LogP contribution < -0.4 is 10.5 Å². The Labute approximate surface area is 169 Å². The van der Waals surface area contributed by atoms with Crippen LogP contribution in [0.5, 0.6) is 0 Å². The number of nitrogens with two attached hydrogens (primary N) is 1. The van der Waals surface area contributed by atoms with E-state index in [9.17, 15) is 27.3 Å². The van der Waals surface area contributed by atoms with Gasteiger partial charge in [-0.25, -0.2) is 19.1 Å². The fourth-order valence-corrected chi connectivity index (χ4v) is 5.18. The predicted octanol–water partition coefficient (Wildman–Crippen LogP) is 3.81. The SMILES string of the molecule is CC(C)(O)c1csc(S(N)(=O)=NC(=O)Nc2cc(C(F)(F)F)nc3c2CCC3)c1. The molecule has 0 aromatic carbocycles. The number of nitrogens with zero attached hydrogens (tertiary/aromatic N) is 2. The molecule has 4 N–H and O–H groups in total. The van der Waals surface area contributed by atoms with Crippen LogP contribution in [0.2, 0.25) is 0 Å². The molecule has 0 bridgehead atoms. The molecule has 1 aliphatic rings. The molecule has 0 fully saturated rings. The maximum Gasteiger partial charge on any atom is 0.433 e. The summed E-state index contributed by atoms with van der Waals surface area (Å²) in [5.74, 6) is 0. The average Bonchev–Trinajstić information content (AvgIpc) is 3.22. The lowest BCUT2D eigenvalue weighted by Crippen LogP contribution is -2.19. The Balaban J connectivity index is 1.91. The minimum atomic E-state index is -4.67. The molecular formula is C17H19F3N4O3S2. The smallest absolute Gasteiger partial charge is 0.386 e. The molecule has 3 rings (SSSR count). The van der Waals surface area contributed by atoms with E-state index in [-0.39, 0.29) is 15.6 Å². The Bertz CT molecular complexity index is 1080. The van der Waals surface area contributed by atoms with Crippen LogP contribution >= 0.6 is 11.3 Å². The van der Waals surface area contributed by atoms with Crippen LogP contribution in [0.1, 0.15) is 42.8 Å². The van der Waals surface area contributed by atoms with Crippen LogP contribution in [0.3, 0.4) is 0 Å². The first-order valence-electron chi connectivity index (χ1n) is 8.54. The van der Waals surface area contributed by atoms with Gasteiger partial charge in [0.2, 0.25) is 0 Å². The van der Waals surface area contributed by atoms with E-state index in [0.29, 0.717) is 30.4 Å². The summed E-state index contributed by atoms with van der Waals surface area (Å²) in [6.45, 7) is 3.06. The van der Waals surface area contributed by atoms with Crippen molar-refractivity contribution in [3.05, 3.63) is 40.0 Å². The van der Waals surface area contributed by atoms with Crippen LogP contribution in [0.15, 0.2) is 26.1 Å². The number of nitrogens with one attached hydrogen (secondary N) is 1. The Morgan fingerprint density at radius 3 is 2.62 bits per heavy atom. The summed E-state index contributed by atoms with van der Waals surface area (Å²) in [5.41, 5.74) is -1.14. The fraction of sp³-hybridized carbons (Fsp3) is 0.412. The summed E-state index contributed by atoms with van der Waals surface area (Å²) >= 11 is 0.965. The second kappa shape index (κ2) is 7.35. The van der Waals surface area contributed by atoms with Gasteiger partial charge in [0.15, 0.2) is 9.92 Å². The summed E-state index contributed by atoms with van der Waals surface area (Å²) in [4.78, 5) is 15.9. The zero-order valence-electron chi connectivity index (χ0n) is 15.5. The van der Waals surface area contributed by atoms with Crippen molar-refractivity contribution in [2.75, 3.05) is 5.32 Å². The van der Waals surface area contributed by atoms with Gasteiger partial charge in [-0.1, -0.05) is 0 Å². The van der Waals surface area contributed by atoms with Crippen LogP contribution in [-0.4, -0.2) is 20.3 Å². The maximum atomic E-state index is 13.1. The molecule has 0 saturated carbocycles. The Morgan fingerprint density at radius 2 is 2.03 bits per heavy atom. The summed E-state index contributed by atoms with van der Waals surface area (Å²) in [7, 11) is -3.64. The van der Waals surface area contributed by atoms with Crippen molar-refractivity contribution in [2.45, 2.75) is 49.1 Å². The Morgan fingerprint density at radius 1 is 1.34 bits per heavy atom. The number of thiophene rings is 1. The average molecular weight is 448 g/mol. The molecule has 1 aliphatic carbocycles. The summed E-state index contributed by atoms with van der Waals surface area (Å²) in [5, 5.41) is 19.5. The molecule has 2 heterocycles. The molecule has 2 aromatic rings. The molecule has 2 amide bonds. The first kappa shape index (κ1) is 21.7. The van der Waals surface area contributed by atoms with Gasteiger partial charge in [0, 0.05) is 11.4 Å². The standard InChI is InChI=1S/C17H19F3N4O3S2/c1-16(2,26)9-6-14(28-8-9)29(21,27)24-15(25)23-12-7-13(17(18,19)20)22-11-5-3-4-10(11)12/h6-8,26H,3-5H2,1-2H3,(H3,21,22,23,24,25,27). The number of fused-ring (bicyclic) bond motifs is 1. The lowest BCUT2D eigenvalue weighted by atomic mass is 10.0. The van der Waals surface area contributed by atoms with Gasteiger partial charge in [-0.3, -0.25) is 0 Å². The summed E-state index contributed by atoms with van der Waals surface area (Å²) in [6.07, 6.45) is -3.21. The number of halogens is 3. The zero-order valence-corrected chi connectivity index (χ0v) is 17.2. The summed E-state index contributed by atoms with van der Waals surface area (Å²) < 4.78 is 55.5. The first-order chi connectivity index (χ1) is 13.3. The van der Waals surface area contributed by atoms with E-state index in [1.165, 1.54) is 19.9 Å². The van der Waals surface area contributed by atoms with E-state index in [1.807, 2.05) is 0 Å². The fourth-order valence-electron chi connectivity index (χ4n) is 2.90. The van der Waals surface area contributed by atoms with Crippen molar-refractivity contribution in [1.29, 1.82) is 0 Å². The Hall–Kier alpha value is -2.02. The van der Waals surface area contributed by atoms with Gasteiger partial charge in [0.1, 0.15) is 9.90 Å². The predicted molar refractivity (Wildman–Crippen MR) is 103 cm³/mol. The first-order valence-corrected chi connectivity index (χ1v) is 11.0. The molecule has 12 heteroatoms. The van der Waals surface area contributed by atoms with Gasteiger partial charge < -0.3 is 10.4 Å². The number of hydrogen-bond acceptors (Lipinski definition) is 5. The van der Waals surface area contributed by atoms with E-state index >= 15 is 0 Å². The van der Waals surface area contributed by atoms with Gasteiger partial charge in [-0.05, 0) is 61.7 Å². The number of urea groups is 1. The van der Waals surface area contributed by atoms with E-state index in [4.69, 9.17) is 5.14 Å². The zero-order chi connectivity index (χ0) is 21.6. The highest BCUT2D eigenvalue weighted by atomic mass is 32.2. The number of rotatable bonds is 3. The molecule has 0 saturated heterocycles. The molecule has 1 atom stereocenters. The summed E-state index contributed by atoms with van der Waals surface area (Å²) in [6, 6.07) is 1.01. The molecule has 2 aromatic heterocycles. The highest BCUT2D eigenvalue weighted by Gasteiger charge is 2.35.